The van der Waals surface area contributed by atoms with Crippen LogP contribution < -0.4 is 9.80 Å². The van der Waals surface area contributed by atoms with Gasteiger partial charge >= 0.3 is 0 Å². The first-order valence-corrected chi connectivity index (χ1v) is 10.4. The standard InChI is InChI=1S/C23H25N3O3/c1-25(12-13-27)17-14-18(26-10-6-2-3-7-11-26)21-20-19(17)22(28)15-8-4-5-9-16(15)23(20)29-24-21/h4-5,8-9,14,27H,2-3,6-7,10-13H2,1H3. The maximum atomic E-state index is 13.5. The molecular weight excluding hydrogens is 366 g/mol. The molecule has 1 aromatic heterocycles. The monoisotopic (exact) mass is 391 g/mol. The van der Waals surface area contributed by atoms with Gasteiger partial charge in [-0.15, -0.1) is 0 Å². The Morgan fingerprint density at radius 1 is 1.14 bits per heavy atom. The van der Waals surface area contributed by atoms with Crippen molar-refractivity contribution >= 4 is 28.1 Å². The second kappa shape index (κ2) is 7.19. The molecule has 0 unspecified atom stereocenters. The quantitative estimate of drug-likeness (QED) is 0.570. The summed E-state index contributed by atoms with van der Waals surface area (Å²) in [5.74, 6) is 0.657. The molecule has 1 saturated heterocycles. The van der Waals surface area contributed by atoms with Crippen molar-refractivity contribution in [2.24, 2.45) is 0 Å². The lowest BCUT2D eigenvalue weighted by Gasteiger charge is -2.28. The topological polar surface area (TPSA) is 69.8 Å². The summed E-state index contributed by atoms with van der Waals surface area (Å²) in [6.45, 7) is 2.43. The Morgan fingerprint density at radius 2 is 1.86 bits per heavy atom. The van der Waals surface area contributed by atoms with Crippen molar-refractivity contribution in [3.05, 3.63) is 41.5 Å². The molecule has 29 heavy (non-hydrogen) atoms. The highest BCUT2D eigenvalue weighted by molar-refractivity contribution is 6.28. The van der Waals surface area contributed by atoms with Crippen LogP contribution in [0, 0.1) is 0 Å². The molecule has 0 bridgehead atoms. The number of likely N-dealkylation sites (N-methyl/N-ethyl adjacent to an activating group) is 1. The molecule has 3 aromatic rings. The highest BCUT2D eigenvalue weighted by atomic mass is 16.5. The maximum Gasteiger partial charge on any atom is 0.196 e. The van der Waals surface area contributed by atoms with E-state index in [0.717, 1.165) is 53.8 Å². The zero-order chi connectivity index (χ0) is 20.0. The summed E-state index contributed by atoms with van der Waals surface area (Å²) in [5.41, 5.74) is 4.68. The number of hydrogen-bond donors (Lipinski definition) is 1. The number of fused-ring (bicyclic) bond motifs is 2. The van der Waals surface area contributed by atoms with Crippen LogP contribution in [0.25, 0.3) is 22.2 Å². The Morgan fingerprint density at radius 3 is 2.59 bits per heavy atom. The van der Waals surface area contributed by atoms with Crippen LogP contribution in [0.1, 0.15) is 41.6 Å². The lowest BCUT2D eigenvalue weighted by molar-refractivity contribution is 0.104. The van der Waals surface area contributed by atoms with Gasteiger partial charge in [-0.25, -0.2) is 0 Å². The second-order valence-corrected chi connectivity index (χ2v) is 7.95. The van der Waals surface area contributed by atoms with Gasteiger partial charge in [0.15, 0.2) is 11.5 Å². The fraction of sp³-hybridized carbons (Fsp3) is 0.391. The van der Waals surface area contributed by atoms with Gasteiger partial charge < -0.3 is 19.4 Å². The van der Waals surface area contributed by atoms with Crippen LogP contribution in [0.4, 0.5) is 11.4 Å². The summed E-state index contributed by atoms with van der Waals surface area (Å²) in [6.07, 6.45) is 4.78. The van der Waals surface area contributed by atoms with Crippen LogP contribution in [0.2, 0.25) is 0 Å². The summed E-state index contributed by atoms with van der Waals surface area (Å²) >= 11 is 0. The number of rotatable bonds is 4. The number of nitrogens with zero attached hydrogens (tertiary/aromatic N) is 3. The van der Waals surface area contributed by atoms with Gasteiger partial charge in [0.25, 0.3) is 0 Å². The molecule has 6 nitrogen and oxygen atoms in total. The van der Waals surface area contributed by atoms with Gasteiger partial charge in [0.2, 0.25) is 0 Å². The van der Waals surface area contributed by atoms with Crippen molar-refractivity contribution < 1.29 is 14.4 Å². The number of carbonyl (C=O) groups is 1. The normalized spacial score (nSPS) is 16.1. The molecule has 2 aliphatic rings. The van der Waals surface area contributed by atoms with E-state index in [1.54, 1.807) is 0 Å². The summed E-state index contributed by atoms with van der Waals surface area (Å²) in [6, 6.07) is 9.62. The fourth-order valence-electron chi connectivity index (χ4n) is 4.65. The first kappa shape index (κ1) is 18.2. The smallest absolute Gasteiger partial charge is 0.196 e. The van der Waals surface area contributed by atoms with E-state index in [4.69, 9.17) is 4.52 Å². The minimum absolute atomic E-state index is 0.0106. The zero-order valence-corrected chi connectivity index (χ0v) is 16.6. The van der Waals surface area contributed by atoms with E-state index < -0.39 is 0 Å². The van der Waals surface area contributed by atoms with Crippen molar-refractivity contribution in [1.82, 2.24) is 5.16 Å². The molecule has 2 aromatic carbocycles. The summed E-state index contributed by atoms with van der Waals surface area (Å²) < 4.78 is 5.83. The lowest BCUT2D eigenvalue weighted by atomic mass is 9.86. The van der Waals surface area contributed by atoms with Gasteiger partial charge in [0, 0.05) is 37.8 Å². The molecule has 1 aliphatic heterocycles. The van der Waals surface area contributed by atoms with Crippen LogP contribution in [0.15, 0.2) is 34.9 Å². The number of anilines is 2. The van der Waals surface area contributed by atoms with Crippen molar-refractivity contribution in [1.29, 1.82) is 0 Å². The number of aliphatic hydroxyl groups is 1. The van der Waals surface area contributed by atoms with E-state index in [1.807, 2.05) is 36.2 Å². The van der Waals surface area contributed by atoms with Gasteiger partial charge in [-0.1, -0.05) is 42.3 Å². The molecule has 1 N–H and O–H groups in total. The van der Waals surface area contributed by atoms with Crippen LogP contribution in [-0.2, 0) is 0 Å². The fourth-order valence-corrected chi connectivity index (χ4v) is 4.65. The first-order valence-electron chi connectivity index (χ1n) is 10.4. The van der Waals surface area contributed by atoms with Crippen molar-refractivity contribution in [3.8, 4) is 11.3 Å². The van der Waals surface area contributed by atoms with E-state index in [9.17, 15) is 9.90 Å². The molecule has 0 saturated carbocycles. The Hall–Kier alpha value is -2.86. The average Bonchev–Trinajstić information content (AvgIpc) is 3.00. The Bertz CT molecular complexity index is 1080. The summed E-state index contributed by atoms with van der Waals surface area (Å²) in [5, 5.41) is 14.8. The third kappa shape index (κ3) is 2.82. The van der Waals surface area contributed by atoms with E-state index in [-0.39, 0.29) is 12.4 Å². The number of hydrogen-bond acceptors (Lipinski definition) is 6. The van der Waals surface area contributed by atoms with Gasteiger partial charge in [-0.2, -0.15) is 0 Å². The molecular formula is C23H25N3O3. The Balaban J connectivity index is 1.80. The molecule has 0 amide bonds. The maximum absolute atomic E-state index is 13.5. The number of ketones is 1. The minimum atomic E-state index is -0.0106. The first-order chi connectivity index (χ1) is 14.2. The number of aliphatic hydroxyl groups excluding tert-OH is 1. The van der Waals surface area contributed by atoms with Crippen LogP contribution >= 0.6 is 0 Å². The molecule has 0 radical (unpaired) electrons. The zero-order valence-electron chi connectivity index (χ0n) is 16.6. The molecule has 6 heteroatoms. The van der Waals surface area contributed by atoms with Gasteiger partial charge in [-0.3, -0.25) is 4.79 Å². The predicted octanol–water partition coefficient (Wildman–Crippen LogP) is 3.85. The lowest BCUT2D eigenvalue weighted by Crippen LogP contribution is -2.27. The predicted molar refractivity (Wildman–Crippen MR) is 114 cm³/mol. The molecule has 1 fully saturated rings. The number of aromatic nitrogens is 1. The molecule has 0 spiro atoms. The van der Waals surface area contributed by atoms with Gasteiger partial charge in [0.1, 0.15) is 5.52 Å². The Labute approximate surface area is 169 Å². The van der Waals surface area contributed by atoms with Gasteiger partial charge in [0.05, 0.1) is 28.9 Å². The molecule has 2 heterocycles. The minimum Gasteiger partial charge on any atom is -0.395 e. The summed E-state index contributed by atoms with van der Waals surface area (Å²) in [4.78, 5) is 17.8. The second-order valence-electron chi connectivity index (χ2n) is 7.95. The SMILES string of the molecule is CN(CCO)c1cc(N2CCCCCC2)c2noc3c2c1C(=O)c1ccccc1-3. The van der Waals surface area contributed by atoms with Crippen LogP contribution in [-0.4, -0.2) is 49.3 Å². The third-order valence-corrected chi connectivity index (χ3v) is 6.15. The summed E-state index contributed by atoms with van der Waals surface area (Å²) in [7, 11) is 1.92. The van der Waals surface area contributed by atoms with Gasteiger partial charge in [-0.05, 0) is 18.9 Å². The highest BCUT2D eigenvalue weighted by Crippen LogP contribution is 2.46. The molecule has 150 valence electrons. The molecule has 5 rings (SSSR count). The highest BCUT2D eigenvalue weighted by Gasteiger charge is 2.34. The molecule has 0 atom stereocenters. The van der Waals surface area contributed by atoms with E-state index >= 15 is 0 Å². The van der Waals surface area contributed by atoms with E-state index in [1.165, 1.54) is 12.8 Å². The van der Waals surface area contributed by atoms with Crippen molar-refractivity contribution in [2.75, 3.05) is 43.1 Å². The van der Waals surface area contributed by atoms with Crippen molar-refractivity contribution in [3.63, 3.8) is 0 Å². The van der Waals surface area contributed by atoms with E-state index in [0.29, 0.717) is 23.4 Å². The van der Waals surface area contributed by atoms with Crippen LogP contribution in [0.5, 0.6) is 0 Å². The number of benzene rings is 2. The largest absolute Gasteiger partial charge is 0.395 e. The third-order valence-electron chi connectivity index (χ3n) is 6.15. The average molecular weight is 391 g/mol. The van der Waals surface area contributed by atoms with Crippen LogP contribution in [0.3, 0.4) is 0 Å². The Kier molecular flexibility index (Phi) is 4.51. The number of carbonyl (C=O) groups excluding carboxylic acids is 1. The van der Waals surface area contributed by atoms with Crippen molar-refractivity contribution in [2.45, 2.75) is 25.7 Å². The van der Waals surface area contributed by atoms with E-state index in [2.05, 4.69) is 16.1 Å². The molecule has 1 aliphatic carbocycles.